The number of nitrogens with one attached hydrogen (secondary N) is 1. The second-order valence-corrected chi connectivity index (χ2v) is 7.33. The van der Waals surface area contributed by atoms with E-state index < -0.39 is 6.10 Å². The summed E-state index contributed by atoms with van der Waals surface area (Å²) < 4.78 is 11.6. The molecule has 0 unspecified atom stereocenters. The molecule has 1 atom stereocenters. The van der Waals surface area contributed by atoms with Gasteiger partial charge in [0.2, 0.25) is 0 Å². The highest BCUT2D eigenvalue weighted by Gasteiger charge is 2.17. The molecule has 0 saturated carbocycles. The molecular formula is C25H25NO3. The fourth-order valence-corrected chi connectivity index (χ4v) is 3.50. The SMILES string of the molecule is C[C@@H](Oc1ccc2c(c1)CCC2)C(=O)Nc1ccc(OCc2ccccc2)cc1. The van der Waals surface area contributed by atoms with Crippen molar-refractivity contribution in [1.29, 1.82) is 0 Å². The Morgan fingerprint density at radius 1 is 0.931 bits per heavy atom. The molecule has 1 aliphatic carbocycles. The van der Waals surface area contributed by atoms with Crippen molar-refractivity contribution in [3.8, 4) is 11.5 Å². The molecule has 0 aromatic heterocycles. The van der Waals surface area contributed by atoms with Crippen molar-refractivity contribution >= 4 is 11.6 Å². The van der Waals surface area contributed by atoms with Gasteiger partial charge in [-0.25, -0.2) is 0 Å². The smallest absolute Gasteiger partial charge is 0.265 e. The molecule has 0 bridgehead atoms. The van der Waals surface area contributed by atoms with Crippen LogP contribution < -0.4 is 14.8 Å². The number of ether oxygens (including phenoxy) is 2. The number of amides is 1. The van der Waals surface area contributed by atoms with Gasteiger partial charge in [-0.3, -0.25) is 4.79 Å². The van der Waals surface area contributed by atoms with E-state index in [1.165, 1.54) is 17.5 Å². The van der Waals surface area contributed by atoms with Gasteiger partial charge in [0.1, 0.15) is 18.1 Å². The Bertz CT molecular complexity index is 967. The van der Waals surface area contributed by atoms with Crippen molar-refractivity contribution in [2.45, 2.75) is 38.9 Å². The average molecular weight is 387 g/mol. The standard InChI is InChI=1S/C25H25NO3/c1-18(29-24-13-10-20-8-5-9-21(20)16-24)25(27)26-22-11-14-23(15-12-22)28-17-19-6-3-2-4-7-19/h2-4,6-7,10-16,18H,5,8-9,17H2,1H3,(H,26,27)/t18-/m1/s1. The first-order valence-electron chi connectivity index (χ1n) is 10.0. The Balaban J connectivity index is 1.29. The largest absolute Gasteiger partial charge is 0.489 e. The van der Waals surface area contributed by atoms with Gasteiger partial charge in [0.25, 0.3) is 5.91 Å². The number of hydrogen-bond acceptors (Lipinski definition) is 3. The molecule has 1 amide bonds. The molecule has 0 saturated heterocycles. The molecule has 148 valence electrons. The lowest BCUT2D eigenvalue weighted by atomic mass is 10.1. The third-order valence-corrected chi connectivity index (χ3v) is 5.12. The summed E-state index contributed by atoms with van der Waals surface area (Å²) in [7, 11) is 0. The van der Waals surface area contributed by atoms with Crippen molar-refractivity contribution in [3.05, 3.63) is 89.5 Å². The second-order valence-electron chi connectivity index (χ2n) is 7.33. The van der Waals surface area contributed by atoms with E-state index in [2.05, 4.69) is 17.4 Å². The van der Waals surface area contributed by atoms with Crippen molar-refractivity contribution < 1.29 is 14.3 Å². The monoisotopic (exact) mass is 387 g/mol. The van der Waals surface area contributed by atoms with Gasteiger partial charge < -0.3 is 14.8 Å². The van der Waals surface area contributed by atoms with E-state index in [4.69, 9.17) is 9.47 Å². The number of aryl methyl sites for hydroxylation is 2. The van der Waals surface area contributed by atoms with Crippen LogP contribution in [0.2, 0.25) is 0 Å². The minimum Gasteiger partial charge on any atom is -0.489 e. The maximum atomic E-state index is 12.5. The number of hydrogen-bond donors (Lipinski definition) is 1. The summed E-state index contributed by atoms with van der Waals surface area (Å²) in [5.41, 5.74) is 4.55. The maximum Gasteiger partial charge on any atom is 0.265 e. The first kappa shape index (κ1) is 19.1. The summed E-state index contributed by atoms with van der Waals surface area (Å²) in [6.07, 6.45) is 2.84. The van der Waals surface area contributed by atoms with E-state index in [0.29, 0.717) is 12.3 Å². The van der Waals surface area contributed by atoms with Crippen molar-refractivity contribution in [3.63, 3.8) is 0 Å². The second kappa shape index (κ2) is 8.82. The number of anilines is 1. The number of fused-ring (bicyclic) bond motifs is 1. The maximum absolute atomic E-state index is 12.5. The molecule has 0 spiro atoms. The molecule has 4 rings (SSSR count). The fraction of sp³-hybridized carbons (Fsp3) is 0.240. The van der Waals surface area contributed by atoms with Gasteiger partial charge in [0.05, 0.1) is 0 Å². The normalized spacial score (nSPS) is 13.4. The summed E-state index contributed by atoms with van der Waals surface area (Å²) in [5.74, 6) is 1.33. The predicted molar refractivity (Wildman–Crippen MR) is 114 cm³/mol. The van der Waals surface area contributed by atoms with Gasteiger partial charge in [-0.15, -0.1) is 0 Å². The molecule has 0 radical (unpaired) electrons. The summed E-state index contributed by atoms with van der Waals surface area (Å²) in [6, 6.07) is 23.5. The topological polar surface area (TPSA) is 47.6 Å². The zero-order valence-corrected chi connectivity index (χ0v) is 16.6. The van der Waals surface area contributed by atoms with Gasteiger partial charge in [-0.05, 0) is 79.3 Å². The number of carbonyl (C=O) groups is 1. The van der Waals surface area contributed by atoms with Gasteiger partial charge in [0.15, 0.2) is 6.10 Å². The fourth-order valence-electron chi connectivity index (χ4n) is 3.50. The Morgan fingerprint density at radius 2 is 1.66 bits per heavy atom. The van der Waals surface area contributed by atoms with Gasteiger partial charge in [-0.1, -0.05) is 36.4 Å². The third kappa shape index (κ3) is 4.96. The Hall–Kier alpha value is -3.27. The Kier molecular flexibility index (Phi) is 5.80. The zero-order valence-electron chi connectivity index (χ0n) is 16.6. The summed E-state index contributed by atoms with van der Waals surface area (Å²) in [5, 5.41) is 2.90. The van der Waals surface area contributed by atoms with E-state index in [9.17, 15) is 4.79 Å². The number of carbonyl (C=O) groups excluding carboxylic acids is 1. The quantitative estimate of drug-likeness (QED) is 0.609. The van der Waals surface area contributed by atoms with Gasteiger partial charge in [0, 0.05) is 5.69 Å². The van der Waals surface area contributed by atoms with Crippen molar-refractivity contribution in [1.82, 2.24) is 0 Å². The molecule has 1 aliphatic rings. The van der Waals surface area contributed by atoms with Crippen LogP contribution in [0.25, 0.3) is 0 Å². The van der Waals surface area contributed by atoms with E-state index in [1.54, 1.807) is 6.92 Å². The molecule has 1 N–H and O–H groups in total. The highest BCUT2D eigenvalue weighted by molar-refractivity contribution is 5.94. The Labute approximate surface area is 171 Å². The molecular weight excluding hydrogens is 362 g/mol. The van der Waals surface area contributed by atoms with Crippen LogP contribution in [0.1, 0.15) is 30.0 Å². The van der Waals surface area contributed by atoms with Crippen LogP contribution in [0.3, 0.4) is 0 Å². The first-order valence-corrected chi connectivity index (χ1v) is 10.0. The minimum absolute atomic E-state index is 0.177. The van der Waals surface area contributed by atoms with Crippen LogP contribution in [0.5, 0.6) is 11.5 Å². The zero-order chi connectivity index (χ0) is 20.1. The molecule has 29 heavy (non-hydrogen) atoms. The van der Waals surface area contributed by atoms with Crippen LogP contribution in [0, 0.1) is 0 Å². The van der Waals surface area contributed by atoms with Crippen LogP contribution in [-0.4, -0.2) is 12.0 Å². The van der Waals surface area contributed by atoms with E-state index >= 15 is 0 Å². The number of rotatable bonds is 7. The molecule has 0 fully saturated rings. The molecule has 4 heteroatoms. The van der Waals surface area contributed by atoms with Crippen LogP contribution >= 0.6 is 0 Å². The van der Waals surface area contributed by atoms with Gasteiger partial charge in [-0.2, -0.15) is 0 Å². The van der Waals surface area contributed by atoms with Gasteiger partial charge >= 0.3 is 0 Å². The lowest BCUT2D eigenvalue weighted by Crippen LogP contribution is -2.30. The average Bonchev–Trinajstić information content (AvgIpc) is 3.22. The van der Waals surface area contributed by atoms with Crippen LogP contribution in [0.4, 0.5) is 5.69 Å². The summed E-state index contributed by atoms with van der Waals surface area (Å²) in [4.78, 5) is 12.5. The van der Waals surface area contributed by atoms with E-state index in [-0.39, 0.29) is 5.91 Å². The molecule has 0 aliphatic heterocycles. The Morgan fingerprint density at radius 3 is 2.45 bits per heavy atom. The van der Waals surface area contributed by atoms with E-state index in [0.717, 1.165) is 29.9 Å². The van der Waals surface area contributed by atoms with Crippen LogP contribution in [0.15, 0.2) is 72.8 Å². The highest BCUT2D eigenvalue weighted by Crippen LogP contribution is 2.26. The minimum atomic E-state index is -0.580. The van der Waals surface area contributed by atoms with Crippen molar-refractivity contribution in [2.75, 3.05) is 5.32 Å². The molecule has 3 aromatic carbocycles. The summed E-state index contributed by atoms with van der Waals surface area (Å²) in [6.45, 7) is 2.28. The predicted octanol–water partition coefficient (Wildman–Crippen LogP) is 5.16. The molecule has 3 aromatic rings. The lowest BCUT2D eigenvalue weighted by molar-refractivity contribution is -0.122. The number of benzene rings is 3. The summed E-state index contributed by atoms with van der Waals surface area (Å²) >= 11 is 0. The van der Waals surface area contributed by atoms with E-state index in [1.807, 2.05) is 60.7 Å². The van der Waals surface area contributed by atoms with Crippen LogP contribution in [-0.2, 0) is 24.2 Å². The molecule has 4 nitrogen and oxygen atoms in total. The lowest BCUT2D eigenvalue weighted by Gasteiger charge is -2.16. The first-order chi connectivity index (χ1) is 14.2. The molecule has 0 heterocycles. The van der Waals surface area contributed by atoms with Crippen molar-refractivity contribution in [2.24, 2.45) is 0 Å². The third-order valence-electron chi connectivity index (χ3n) is 5.12. The highest BCUT2D eigenvalue weighted by atomic mass is 16.5.